The molecule has 3 aromatic rings. The molecule has 1 heterocycles. The summed E-state index contributed by atoms with van der Waals surface area (Å²) < 4.78 is 13.6. The van der Waals surface area contributed by atoms with E-state index in [1.54, 1.807) is 14.0 Å². The Morgan fingerprint density at radius 1 is 1.21 bits per heavy atom. The van der Waals surface area contributed by atoms with Gasteiger partial charge in [-0.3, -0.25) is 4.79 Å². The van der Waals surface area contributed by atoms with Crippen LogP contribution in [0.2, 0.25) is 0 Å². The number of benzene rings is 2. The first-order valence-electron chi connectivity index (χ1n) is 11.3. The summed E-state index contributed by atoms with van der Waals surface area (Å²) in [5, 5.41) is 2.98. The highest BCUT2D eigenvalue weighted by Crippen LogP contribution is 2.29. The van der Waals surface area contributed by atoms with Gasteiger partial charge in [0.25, 0.3) is 0 Å². The summed E-state index contributed by atoms with van der Waals surface area (Å²) in [5.41, 5.74) is 3.54. The molecule has 0 aliphatic heterocycles. The number of aryl methyl sites for hydroxylation is 1. The lowest BCUT2D eigenvalue weighted by atomic mass is 10.2. The molecule has 33 heavy (non-hydrogen) atoms. The molecule has 0 fully saturated rings. The van der Waals surface area contributed by atoms with Crippen molar-refractivity contribution >= 4 is 23.0 Å². The molecule has 1 aromatic heterocycles. The molecular formula is C27H33N3O3. The average molecular weight is 448 g/mol. The Hall–Kier alpha value is -3.54. The van der Waals surface area contributed by atoms with Gasteiger partial charge in [0.2, 0.25) is 5.91 Å². The van der Waals surface area contributed by atoms with Crippen molar-refractivity contribution in [3.05, 3.63) is 72.1 Å². The van der Waals surface area contributed by atoms with E-state index in [1.807, 2.05) is 62.4 Å². The number of fused-ring (bicyclic) bond motifs is 1. The van der Waals surface area contributed by atoms with Gasteiger partial charge in [-0.15, -0.1) is 0 Å². The lowest BCUT2D eigenvalue weighted by Gasteiger charge is -2.16. The highest BCUT2D eigenvalue weighted by atomic mass is 16.5. The van der Waals surface area contributed by atoms with E-state index in [1.165, 1.54) is 0 Å². The van der Waals surface area contributed by atoms with Gasteiger partial charge in [0.05, 0.1) is 30.8 Å². The Bertz CT molecular complexity index is 1150. The number of methoxy groups -OCH3 is 1. The Morgan fingerprint density at radius 2 is 2.00 bits per heavy atom. The number of rotatable bonds is 11. The summed E-state index contributed by atoms with van der Waals surface area (Å²) in [6, 6.07) is 13.8. The smallest absolute Gasteiger partial charge is 0.246 e. The van der Waals surface area contributed by atoms with Gasteiger partial charge < -0.3 is 19.4 Å². The van der Waals surface area contributed by atoms with E-state index in [-0.39, 0.29) is 11.9 Å². The molecule has 0 saturated heterocycles. The van der Waals surface area contributed by atoms with Crippen molar-refractivity contribution in [1.29, 1.82) is 0 Å². The minimum atomic E-state index is -0.224. The first kappa shape index (κ1) is 24.1. The van der Waals surface area contributed by atoms with Gasteiger partial charge in [-0.1, -0.05) is 36.9 Å². The van der Waals surface area contributed by atoms with Crippen LogP contribution >= 0.6 is 0 Å². The Balaban J connectivity index is 1.64. The van der Waals surface area contributed by atoms with E-state index in [4.69, 9.17) is 14.5 Å². The number of hydrogen-bond acceptors (Lipinski definition) is 4. The first-order chi connectivity index (χ1) is 15.9. The van der Waals surface area contributed by atoms with Crippen molar-refractivity contribution in [2.45, 2.75) is 46.2 Å². The second-order valence-corrected chi connectivity index (χ2v) is 8.05. The zero-order valence-corrected chi connectivity index (χ0v) is 19.9. The average Bonchev–Trinajstić information content (AvgIpc) is 3.18. The lowest BCUT2D eigenvalue weighted by Crippen LogP contribution is -2.29. The fourth-order valence-corrected chi connectivity index (χ4v) is 3.70. The van der Waals surface area contributed by atoms with Crippen LogP contribution in [0.15, 0.2) is 60.7 Å². The van der Waals surface area contributed by atoms with E-state index in [9.17, 15) is 4.79 Å². The van der Waals surface area contributed by atoms with Crippen molar-refractivity contribution in [3.63, 3.8) is 0 Å². The molecule has 1 unspecified atom stereocenters. The zero-order valence-electron chi connectivity index (χ0n) is 19.9. The molecule has 0 bridgehead atoms. The number of carbonyl (C=O) groups is 1. The number of allylic oxidation sites excluding steroid dienone is 1. The summed E-state index contributed by atoms with van der Waals surface area (Å²) in [4.78, 5) is 16.9. The van der Waals surface area contributed by atoms with Crippen molar-refractivity contribution in [2.75, 3.05) is 13.7 Å². The predicted octanol–water partition coefficient (Wildman–Crippen LogP) is 5.69. The second-order valence-electron chi connectivity index (χ2n) is 8.05. The number of para-hydroxylation sites is 2. The highest BCUT2D eigenvalue weighted by molar-refractivity contribution is 5.92. The third-order valence-electron chi connectivity index (χ3n) is 5.39. The SMILES string of the molecule is C=C(C)C(=O)NC(C)c1nc2ccccc2n1CCCCOc1ccc(/C=C/C)cc1OC. The molecular weight excluding hydrogens is 414 g/mol. The minimum Gasteiger partial charge on any atom is -0.493 e. The van der Waals surface area contributed by atoms with E-state index in [0.29, 0.717) is 12.2 Å². The largest absolute Gasteiger partial charge is 0.493 e. The van der Waals surface area contributed by atoms with Gasteiger partial charge in [0, 0.05) is 12.1 Å². The number of hydrogen-bond donors (Lipinski definition) is 1. The summed E-state index contributed by atoms with van der Waals surface area (Å²) in [6.45, 7) is 10.7. The molecule has 0 aliphatic carbocycles. The fraction of sp³-hybridized carbons (Fsp3) is 0.333. The number of imidazole rings is 1. The van der Waals surface area contributed by atoms with Crippen molar-refractivity contribution in [2.24, 2.45) is 0 Å². The number of nitrogens with zero attached hydrogens (tertiary/aromatic N) is 2. The molecule has 1 amide bonds. The third-order valence-corrected chi connectivity index (χ3v) is 5.39. The molecule has 1 N–H and O–H groups in total. The van der Waals surface area contributed by atoms with Gasteiger partial charge in [-0.25, -0.2) is 4.98 Å². The molecule has 174 valence electrons. The molecule has 2 aromatic carbocycles. The van der Waals surface area contributed by atoms with Crippen LogP contribution in [0.4, 0.5) is 0 Å². The van der Waals surface area contributed by atoms with E-state index in [2.05, 4.69) is 22.5 Å². The monoisotopic (exact) mass is 447 g/mol. The van der Waals surface area contributed by atoms with Gasteiger partial charge in [-0.05, 0) is 63.4 Å². The molecule has 0 radical (unpaired) electrons. The molecule has 0 saturated carbocycles. The number of aromatic nitrogens is 2. The Labute approximate surface area is 195 Å². The predicted molar refractivity (Wildman–Crippen MR) is 134 cm³/mol. The lowest BCUT2D eigenvalue weighted by molar-refractivity contribution is -0.118. The van der Waals surface area contributed by atoms with Crippen LogP contribution in [0.1, 0.15) is 51.0 Å². The molecule has 6 nitrogen and oxygen atoms in total. The maximum atomic E-state index is 12.1. The first-order valence-corrected chi connectivity index (χ1v) is 11.3. The van der Waals surface area contributed by atoms with Crippen LogP contribution in [-0.4, -0.2) is 29.2 Å². The maximum absolute atomic E-state index is 12.1. The van der Waals surface area contributed by atoms with Crippen LogP contribution in [0.25, 0.3) is 17.1 Å². The van der Waals surface area contributed by atoms with Gasteiger partial charge in [0.1, 0.15) is 5.82 Å². The molecule has 3 rings (SSSR count). The van der Waals surface area contributed by atoms with E-state index < -0.39 is 0 Å². The highest BCUT2D eigenvalue weighted by Gasteiger charge is 2.18. The molecule has 0 aliphatic rings. The number of unbranched alkanes of at least 4 members (excludes halogenated alkanes) is 1. The number of amides is 1. The summed E-state index contributed by atoms with van der Waals surface area (Å²) >= 11 is 0. The Morgan fingerprint density at radius 3 is 2.73 bits per heavy atom. The molecule has 0 spiro atoms. The van der Waals surface area contributed by atoms with Gasteiger partial charge >= 0.3 is 0 Å². The topological polar surface area (TPSA) is 65.4 Å². The summed E-state index contributed by atoms with van der Waals surface area (Å²) in [7, 11) is 1.65. The van der Waals surface area contributed by atoms with E-state index in [0.717, 1.165) is 53.3 Å². The van der Waals surface area contributed by atoms with Crippen molar-refractivity contribution in [3.8, 4) is 11.5 Å². The number of carbonyl (C=O) groups excluding carboxylic acids is 1. The van der Waals surface area contributed by atoms with Crippen molar-refractivity contribution in [1.82, 2.24) is 14.9 Å². The van der Waals surface area contributed by atoms with Crippen LogP contribution in [0.5, 0.6) is 11.5 Å². The summed E-state index contributed by atoms with van der Waals surface area (Å²) in [6.07, 6.45) is 5.80. The second kappa shape index (κ2) is 11.4. The normalized spacial score (nSPS) is 12.1. The van der Waals surface area contributed by atoms with Crippen LogP contribution in [0, 0.1) is 0 Å². The number of ether oxygens (including phenoxy) is 2. The third kappa shape index (κ3) is 6.04. The molecule has 1 atom stereocenters. The molecule has 6 heteroatoms. The number of nitrogens with one attached hydrogen (secondary N) is 1. The standard InChI is InChI=1S/C27H33N3O3/c1-6-11-21-14-15-24(25(18-21)32-5)33-17-10-9-16-30-23-13-8-7-12-22(23)29-26(30)20(4)28-27(31)19(2)3/h6-8,11-15,18,20H,2,9-10,16-17H2,1,3-5H3,(H,28,31)/b11-6+. The quantitative estimate of drug-likeness (QED) is 0.303. The van der Waals surface area contributed by atoms with Gasteiger partial charge in [-0.2, -0.15) is 0 Å². The van der Waals surface area contributed by atoms with Crippen LogP contribution < -0.4 is 14.8 Å². The van der Waals surface area contributed by atoms with E-state index >= 15 is 0 Å². The van der Waals surface area contributed by atoms with Crippen LogP contribution in [0.3, 0.4) is 0 Å². The maximum Gasteiger partial charge on any atom is 0.246 e. The summed E-state index contributed by atoms with van der Waals surface area (Å²) in [5.74, 6) is 2.16. The Kier molecular flexibility index (Phi) is 8.30. The fourth-order valence-electron chi connectivity index (χ4n) is 3.70. The zero-order chi connectivity index (χ0) is 23.8. The van der Waals surface area contributed by atoms with Crippen LogP contribution in [-0.2, 0) is 11.3 Å². The van der Waals surface area contributed by atoms with Crippen molar-refractivity contribution < 1.29 is 14.3 Å². The van der Waals surface area contributed by atoms with Gasteiger partial charge in [0.15, 0.2) is 11.5 Å². The minimum absolute atomic E-state index is 0.163.